The van der Waals surface area contributed by atoms with Gasteiger partial charge < -0.3 is 5.32 Å². The quantitative estimate of drug-likeness (QED) is 0.488. The van der Waals surface area contributed by atoms with Crippen LogP contribution in [0.4, 0.5) is 0 Å². The molecular formula is C9H19NS. The van der Waals surface area contributed by atoms with Crippen LogP contribution in [0.3, 0.4) is 0 Å². The largest absolute Gasteiger partial charge is 0.313 e. The van der Waals surface area contributed by atoms with Crippen LogP contribution in [0.5, 0.6) is 0 Å². The zero-order valence-electron chi connectivity index (χ0n) is 7.81. The van der Waals surface area contributed by atoms with E-state index in [0.29, 0.717) is 0 Å². The average Bonchev–Trinajstić information content (AvgIpc) is 1.97. The fraction of sp³-hybridized carbons (Fsp3) is 0.778. The first-order valence-electron chi connectivity index (χ1n) is 4.04. The van der Waals surface area contributed by atoms with Crippen LogP contribution in [0, 0.1) is 0 Å². The van der Waals surface area contributed by atoms with Crippen LogP contribution < -0.4 is 5.32 Å². The van der Waals surface area contributed by atoms with Gasteiger partial charge in [-0.2, -0.15) is 11.8 Å². The standard InChI is InChI=1S/C9H19NS/c1-8(2)7-10-6-5-9(3)11-4/h9-10H,1,5-7H2,2-4H3. The van der Waals surface area contributed by atoms with Crippen molar-refractivity contribution in [2.45, 2.75) is 25.5 Å². The number of hydrogen-bond donors (Lipinski definition) is 1. The van der Waals surface area contributed by atoms with Crippen LogP contribution >= 0.6 is 11.8 Å². The van der Waals surface area contributed by atoms with E-state index in [-0.39, 0.29) is 0 Å². The lowest BCUT2D eigenvalue weighted by Crippen LogP contribution is -2.19. The molecule has 11 heavy (non-hydrogen) atoms. The first-order chi connectivity index (χ1) is 5.16. The molecule has 0 aliphatic rings. The third kappa shape index (κ3) is 7.95. The minimum Gasteiger partial charge on any atom is -0.313 e. The Labute approximate surface area is 74.6 Å². The van der Waals surface area contributed by atoms with Crippen LogP contribution in [0.2, 0.25) is 0 Å². The van der Waals surface area contributed by atoms with Gasteiger partial charge in [0.1, 0.15) is 0 Å². The second kappa shape index (κ2) is 6.74. The van der Waals surface area contributed by atoms with Gasteiger partial charge in [-0.1, -0.05) is 19.1 Å². The molecular weight excluding hydrogens is 154 g/mol. The predicted molar refractivity (Wildman–Crippen MR) is 55.3 cm³/mol. The molecule has 0 aromatic carbocycles. The van der Waals surface area contributed by atoms with E-state index in [1.54, 1.807) is 0 Å². The maximum atomic E-state index is 3.82. The van der Waals surface area contributed by atoms with Gasteiger partial charge in [0.15, 0.2) is 0 Å². The Morgan fingerprint density at radius 1 is 1.64 bits per heavy atom. The summed E-state index contributed by atoms with van der Waals surface area (Å²) in [5.74, 6) is 0. The van der Waals surface area contributed by atoms with Gasteiger partial charge in [-0.3, -0.25) is 0 Å². The smallest absolute Gasteiger partial charge is 0.0159 e. The van der Waals surface area contributed by atoms with Crippen LogP contribution in [0.25, 0.3) is 0 Å². The summed E-state index contributed by atoms with van der Waals surface area (Å²) in [7, 11) is 0. The lowest BCUT2D eigenvalue weighted by Gasteiger charge is -2.08. The van der Waals surface area contributed by atoms with Crippen molar-refractivity contribution < 1.29 is 0 Å². The number of rotatable bonds is 6. The van der Waals surface area contributed by atoms with Crippen molar-refractivity contribution in [3.8, 4) is 0 Å². The molecule has 0 aromatic heterocycles. The minimum absolute atomic E-state index is 0.771. The summed E-state index contributed by atoms with van der Waals surface area (Å²) >= 11 is 1.92. The molecule has 0 radical (unpaired) electrons. The second-order valence-corrected chi connectivity index (χ2v) is 4.25. The highest BCUT2D eigenvalue weighted by Gasteiger charge is 1.96. The molecule has 0 fully saturated rings. The van der Waals surface area contributed by atoms with Crippen molar-refractivity contribution in [1.29, 1.82) is 0 Å². The highest BCUT2D eigenvalue weighted by Crippen LogP contribution is 2.07. The maximum Gasteiger partial charge on any atom is 0.0159 e. The van der Waals surface area contributed by atoms with Gasteiger partial charge in [-0.15, -0.1) is 0 Å². The summed E-state index contributed by atoms with van der Waals surface area (Å²) in [6.45, 7) is 10.2. The Balaban J connectivity index is 3.08. The van der Waals surface area contributed by atoms with Crippen LogP contribution in [0.1, 0.15) is 20.3 Å². The highest BCUT2D eigenvalue weighted by atomic mass is 32.2. The summed E-state index contributed by atoms with van der Waals surface area (Å²) in [4.78, 5) is 0. The van der Waals surface area contributed by atoms with E-state index in [1.807, 2.05) is 18.7 Å². The van der Waals surface area contributed by atoms with Gasteiger partial charge in [0.2, 0.25) is 0 Å². The molecule has 0 saturated heterocycles. The minimum atomic E-state index is 0.771. The second-order valence-electron chi connectivity index (χ2n) is 2.97. The van der Waals surface area contributed by atoms with Crippen molar-refractivity contribution in [3.63, 3.8) is 0 Å². The van der Waals surface area contributed by atoms with Crippen LogP contribution in [-0.2, 0) is 0 Å². The molecule has 1 unspecified atom stereocenters. The molecule has 0 rings (SSSR count). The third-order valence-corrected chi connectivity index (χ3v) is 2.60. The summed E-state index contributed by atoms with van der Waals surface area (Å²) in [5.41, 5.74) is 1.21. The monoisotopic (exact) mass is 173 g/mol. The van der Waals surface area contributed by atoms with Gasteiger partial charge in [0.05, 0.1) is 0 Å². The van der Waals surface area contributed by atoms with Crippen molar-refractivity contribution in [2.24, 2.45) is 0 Å². The molecule has 0 spiro atoms. The van der Waals surface area contributed by atoms with E-state index >= 15 is 0 Å². The van der Waals surface area contributed by atoms with E-state index in [1.165, 1.54) is 12.0 Å². The Morgan fingerprint density at radius 2 is 2.27 bits per heavy atom. The van der Waals surface area contributed by atoms with Crippen molar-refractivity contribution >= 4 is 11.8 Å². The van der Waals surface area contributed by atoms with E-state index in [4.69, 9.17) is 0 Å². The van der Waals surface area contributed by atoms with Gasteiger partial charge in [0, 0.05) is 11.8 Å². The molecule has 1 N–H and O–H groups in total. The van der Waals surface area contributed by atoms with Gasteiger partial charge in [-0.05, 0) is 26.1 Å². The fourth-order valence-corrected chi connectivity index (χ4v) is 1.08. The lowest BCUT2D eigenvalue weighted by atomic mass is 10.3. The normalized spacial score (nSPS) is 13.0. The summed E-state index contributed by atoms with van der Waals surface area (Å²) in [6, 6.07) is 0. The SMILES string of the molecule is C=C(C)CNCCC(C)SC. The topological polar surface area (TPSA) is 12.0 Å². The van der Waals surface area contributed by atoms with E-state index in [0.717, 1.165) is 18.3 Å². The van der Waals surface area contributed by atoms with Gasteiger partial charge >= 0.3 is 0 Å². The molecule has 0 aromatic rings. The molecule has 0 aliphatic heterocycles. The molecule has 0 amide bonds. The Kier molecular flexibility index (Phi) is 6.77. The van der Waals surface area contributed by atoms with Gasteiger partial charge in [0.25, 0.3) is 0 Å². The number of hydrogen-bond acceptors (Lipinski definition) is 2. The van der Waals surface area contributed by atoms with Gasteiger partial charge in [-0.25, -0.2) is 0 Å². The predicted octanol–water partition coefficient (Wildman–Crippen LogP) is 2.29. The van der Waals surface area contributed by atoms with Crippen LogP contribution in [0.15, 0.2) is 12.2 Å². The number of nitrogens with one attached hydrogen (secondary N) is 1. The molecule has 2 heteroatoms. The molecule has 66 valence electrons. The lowest BCUT2D eigenvalue weighted by molar-refractivity contribution is 0.680. The molecule has 1 atom stereocenters. The summed E-state index contributed by atoms with van der Waals surface area (Å²) in [6.07, 6.45) is 3.40. The fourth-order valence-electron chi connectivity index (χ4n) is 0.725. The Hall–Kier alpha value is 0.0500. The Morgan fingerprint density at radius 3 is 2.73 bits per heavy atom. The van der Waals surface area contributed by atoms with Crippen molar-refractivity contribution in [3.05, 3.63) is 12.2 Å². The first kappa shape index (κ1) is 11.1. The average molecular weight is 173 g/mol. The zero-order valence-corrected chi connectivity index (χ0v) is 8.63. The van der Waals surface area contributed by atoms with Crippen molar-refractivity contribution in [1.82, 2.24) is 5.32 Å². The maximum absolute atomic E-state index is 3.82. The highest BCUT2D eigenvalue weighted by molar-refractivity contribution is 7.99. The molecule has 0 bridgehead atoms. The third-order valence-electron chi connectivity index (χ3n) is 1.56. The molecule has 0 saturated carbocycles. The first-order valence-corrected chi connectivity index (χ1v) is 5.33. The molecule has 0 aliphatic carbocycles. The molecule has 1 nitrogen and oxygen atoms in total. The zero-order chi connectivity index (χ0) is 8.69. The van der Waals surface area contributed by atoms with E-state index in [2.05, 4.69) is 25.1 Å². The van der Waals surface area contributed by atoms with E-state index in [9.17, 15) is 0 Å². The molecule has 0 heterocycles. The van der Waals surface area contributed by atoms with Crippen molar-refractivity contribution in [2.75, 3.05) is 19.3 Å². The Bertz CT molecular complexity index is 112. The van der Waals surface area contributed by atoms with E-state index < -0.39 is 0 Å². The summed E-state index contributed by atoms with van der Waals surface area (Å²) < 4.78 is 0. The van der Waals surface area contributed by atoms with Crippen LogP contribution in [-0.4, -0.2) is 24.6 Å². The summed E-state index contributed by atoms with van der Waals surface area (Å²) in [5, 5.41) is 4.11. The number of thioether (sulfide) groups is 1.